The third-order valence-corrected chi connectivity index (χ3v) is 4.84. The SMILES string of the molecule is CCC1CS(=O)(=O)CC(c2cc(F)cc(F)c2)N1. The number of benzene rings is 1. The number of hydrogen-bond acceptors (Lipinski definition) is 3. The van der Waals surface area contributed by atoms with E-state index in [-0.39, 0.29) is 17.5 Å². The zero-order chi connectivity index (χ0) is 13.3. The predicted octanol–water partition coefficient (Wildman–Crippen LogP) is 1.80. The summed E-state index contributed by atoms with van der Waals surface area (Å²) in [6.45, 7) is 1.88. The van der Waals surface area contributed by atoms with Gasteiger partial charge in [-0.3, -0.25) is 0 Å². The lowest BCUT2D eigenvalue weighted by Crippen LogP contribution is -2.46. The van der Waals surface area contributed by atoms with Gasteiger partial charge in [0.25, 0.3) is 0 Å². The molecule has 0 radical (unpaired) electrons. The van der Waals surface area contributed by atoms with Crippen LogP contribution in [0.15, 0.2) is 18.2 Å². The van der Waals surface area contributed by atoms with Crippen LogP contribution in [0.4, 0.5) is 8.78 Å². The van der Waals surface area contributed by atoms with E-state index in [0.717, 1.165) is 6.07 Å². The van der Waals surface area contributed by atoms with Crippen molar-refractivity contribution in [1.29, 1.82) is 0 Å². The summed E-state index contributed by atoms with van der Waals surface area (Å²) in [6, 6.07) is 2.42. The Morgan fingerprint density at radius 3 is 2.39 bits per heavy atom. The Bertz CT molecular complexity index is 525. The highest BCUT2D eigenvalue weighted by molar-refractivity contribution is 7.91. The average Bonchev–Trinajstić information content (AvgIpc) is 2.25. The van der Waals surface area contributed by atoms with Gasteiger partial charge in [-0.25, -0.2) is 17.2 Å². The van der Waals surface area contributed by atoms with Crippen molar-refractivity contribution < 1.29 is 17.2 Å². The Kier molecular flexibility index (Phi) is 3.68. The molecule has 1 aliphatic rings. The highest BCUT2D eigenvalue weighted by atomic mass is 32.2. The molecule has 2 unspecified atom stereocenters. The van der Waals surface area contributed by atoms with Crippen molar-refractivity contribution in [1.82, 2.24) is 5.32 Å². The minimum atomic E-state index is -3.17. The van der Waals surface area contributed by atoms with E-state index in [0.29, 0.717) is 12.0 Å². The summed E-state index contributed by atoms with van der Waals surface area (Å²) in [6.07, 6.45) is 0.660. The molecule has 1 aromatic carbocycles. The maximum absolute atomic E-state index is 13.1. The van der Waals surface area contributed by atoms with E-state index in [1.807, 2.05) is 6.92 Å². The quantitative estimate of drug-likeness (QED) is 0.895. The van der Waals surface area contributed by atoms with Crippen LogP contribution < -0.4 is 5.32 Å². The van der Waals surface area contributed by atoms with Crippen LogP contribution in [0.2, 0.25) is 0 Å². The summed E-state index contributed by atoms with van der Waals surface area (Å²) in [5, 5.41) is 3.12. The molecule has 2 rings (SSSR count). The van der Waals surface area contributed by atoms with Gasteiger partial charge >= 0.3 is 0 Å². The Morgan fingerprint density at radius 1 is 1.22 bits per heavy atom. The molecule has 6 heteroatoms. The smallest absolute Gasteiger partial charge is 0.153 e. The summed E-state index contributed by atoms with van der Waals surface area (Å²) < 4.78 is 49.8. The summed E-state index contributed by atoms with van der Waals surface area (Å²) in [5.41, 5.74) is 0.342. The number of halogens is 2. The van der Waals surface area contributed by atoms with Crippen LogP contribution >= 0.6 is 0 Å². The van der Waals surface area contributed by atoms with Gasteiger partial charge in [-0.05, 0) is 24.1 Å². The molecule has 1 N–H and O–H groups in total. The molecule has 1 fully saturated rings. The van der Waals surface area contributed by atoms with Crippen molar-refractivity contribution in [2.75, 3.05) is 11.5 Å². The third-order valence-electron chi connectivity index (χ3n) is 3.09. The van der Waals surface area contributed by atoms with E-state index in [4.69, 9.17) is 0 Å². The van der Waals surface area contributed by atoms with Crippen LogP contribution in [0.25, 0.3) is 0 Å². The van der Waals surface area contributed by atoms with Crippen molar-refractivity contribution in [3.05, 3.63) is 35.4 Å². The van der Waals surface area contributed by atoms with Crippen molar-refractivity contribution in [3.63, 3.8) is 0 Å². The monoisotopic (exact) mass is 275 g/mol. The number of nitrogens with one attached hydrogen (secondary N) is 1. The third kappa shape index (κ3) is 3.05. The van der Waals surface area contributed by atoms with E-state index in [2.05, 4.69) is 5.32 Å². The first-order chi connectivity index (χ1) is 8.39. The molecule has 1 aromatic rings. The van der Waals surface area contributed by atoms with E-state index in [1.54, 1.807) is 0 Å². The van der Waals surface area contributed by atoms with E-state index in [9.17, 15) is 17.2 Å². The molecule has 0 bridgehead atoms. The van der Waals surface area contributed by atoms with Crippen LogP contribution in [-0.4, -0.2) is 26.0 Å². The molecule has 2 atom stereocenters. The Morgan fingerprint density at radius 2 is 1.83 bits per heavy atom. The Balaban J connectivity index is 2.31. The molecule has 0 aromatic heterocycles. The van der Waals surface area contributed by atoms with Gasteiger partial charge < -0.3 is 5.32 Å². The summed E-state index contributed by atoms with van der Waals surface area (Å²) in [4.78, 5) is 0. The fourth-order valence-corrected chi connectivity index (χ4v) is 4.09. The second kappa shape index (κ2) is 4.93. The van der Waals surface area contributed by atoms with E-state index >= 15 is 0 Å². The number of rotatable bonds is 2. The molecule has 100 valence electrons. The van der Waals surface area contributed by atoms with Gasteiger partial charge in [0, 0.05) is 18.2 Å². The number of hydrogen-bond donors (Lipinski definition) is 1. The first kappa shape index (κ1) is 13.4. The fourth-order valence-electron chi connectivity index (χ4n) is 2.21. The van der Waals surface area contributed by atoms with Crippen molar-refractivity contribution in [3.8, 4) is 0 Å². The molecule has 0 aliphatic carbocycles. The lowest BCUT2D eigenvalue weighted by Gasteiger charge is -2.30. The highest BCUT2D eigenvalue weighted by Gasteiger charge is 2.31. The maximum atomic E-state index is 13.1. The zero-order valence-corrected chi connectivity index (χ0v) is 10.8. The van der Waals surface area contributed by atoms with Gasteiger partial charge in [-0.1, -0.05) is 6.92 Å². The molecule has 1 saturated heterocycles. The standard InChI is InChI=1S/C12H15F2NO2S/c1-2-11-6-18(16,17)7-12(15-11)8-3-9(13)5-10(14)4-8/h3-5,11-12,15H,2,6-7H2,1H3. The van der Waals surface area contributed by atoms with Gasteiger partial charge in [0.2, 0.25) is 0 Å². The van der Waals surface area contributed by atoms with E-state index in [1.165, 1.54) is 12.1 Å². The predicted molar refractivity (Wildman–Crippen MR) is 65.0 cm³/mol. The molecule has 0 amide bonds. The van der Waals surface area contributed by atoms with Crippen molar-refractivity contribution in [2.24, 2.45) is 0 Å². The lowest BCUT2D eigenvalue weighted by atomic mass is 10.1. The van der Waals surface area contributed by atoms with Crippen molar-refractivity contribution in [2.45, 2.75) is 25.4 Å². The zero-order valence-electron chi connectivity index (χ0n) is 9.99. The normalized spacial score (nSPS) is 27.1. The van der Waals surface area contributed by atoms with Gasteiger partial charge in [0.05, 0.1) is 11.5 Å². The van der Waals surface area contributed by atoms with Crippen LogP contribution in [0.5, 0.6) is 0 Å². The minimum absolute atomic E-state index is 0.0811. The molecule has 0 saturated carbocycles. The van der Waals surface area contributed by atoms with Crippen molar-refractivity contribution >= 4 is 9.84 Å². The van der Waals surface area contributed by atoms with Gasteiger partial charge in [0.15, 0.2) is 9.84 Å². The van der Waals surface area contributed by atoms with Gasteiger partial charge in [-0.15, -0.1) is 0 Å². The second-order valence-electron chi connectivity index (χ2n) is 4.60. The average molecular weight is 275 g/mol. The summed E-state index contributed by atoms with van der Waals surface area (Å²) >= 11 is 0. The van der Waals surface area contributed by atoms with Crippen LogP contribution in [0, 0.1) is 11.6 Å². The van der Waals surface area contributed by atoms with Gasteiger partial charge in [-0.2, -0.15) is 0 Å². The molecule has 3 nitrogen and oxygen atoms in total. The van der Waals surface area contributed by atoms with Crippen LogP contribution in [0.1, 0.15) is 24.9 Å². The highest BCUT2D eigenvalue weighted by Crippen LogP contribution is 2.23. The second-order valence-corrected chi connectivity index (χ2v) is 6.76. The number of sulfone groups is 1. The van der Waals surface area contributed by atoms with Crippen LogP contribution in [-0.2, 0) is 9.84 Å². The minimum Gasteiger partial charge on any atom is -0.305 e. The molecule has 0 spiro atoms. The molecular weight excluding hydrogens is 260 g/mol. The van der Waals surface area contributed by atoms with E-state index < -0.39 is 27.5 Å². The summed E-state index contributed by atoms with van der Waals surface area (Å²) in [5.74, 6) is -1.42. The first-order valence-electron chi connectivity index (χ1n) is 5.82. The van der Waals surface area contributed by atoms with Crippen LogP contribution in [0.3, 0.4) is 0 Å². The molecule has 1 heterocycles. The Hall–Kier alpha value is -1.01. The molecular formula is C12H15F2NO2S. The Labute approximate surface area is 105 Å². The largest absolute Gasteiger partial charge is 0.305 e. The molecule has 1 aliphatic heterocycles. The van der Waals surface area contributed by atoms with Gasteiger partial charge in [0.1, 0.15) is 11.6 Å². The maximum Gasteiger partial charge on any atom is 0.153 e. The molecule has 18 heavy (non-hydrogen) atoms. The summed E-state index contributed by atoms with van der Waals surface area (Å²) in [7, 11) is -3.17. The first-order valence-corrected chi connectivity index (χ1v) is 7.64. The fraction of sp³-hybridized carbons (Fsp3) is 0.500. The topological polar surface area (TPSA) is 46.2 Å². The lowest BCUT2D eigenvalue weighted by molar-refractivity contribution is 0.437.